The van der Waals surface area contributed by atoms with Crippen molar-refractivity contribution in [3.05, 3.63) is 103 Å². The molecular formula is C32H33N7O. The van der Waals surface area contributed by atoms with Crippen molar-refractivity contribution in [2.24, 2.45) is 0 Å². The summed E-state index contributed by atoms with van der Waals surface area (Å²) in [6, 6.07) is 29.1. The molecule has 0 bridgehead atoms. The first kappa shape index (κ1) is 26.8. The number of para-hydroxylation sites is 1. The van der Waals surface area contributed by atoms with Crippen LogP contribution in [0.3, 0.4) is 0 Å². The fourth-order valence-corrected chi connectivity index (χ4v) is 4.39. The highest BCUT2D eigenvalue weighted by molar-refractivity contribution is 6.05. The molecule has 2 N–H and O–H groups in total. The third-order valence-corrected chi connectivity index (χ3v) is 6.58. The topological polar surface area (TPSA) is 90.0 Å². The number of carbonyl (C=O) groups is 1. The zero-order chi connectivity index (χ0) is 27.9. The molecule has 0 unspecified atom stereocenters. The van der Waals surface area contributed by atoms with E-state index in [4.69, 9.17) is 9.97 Å². The molecule has 8 nitrogen and oxygen atoms in total. The number of aromatic amines is 1. The molecule has 2 heterocycles. The second-order valence-corrected chi connectivity index (χ2v) is 9.68. The Morgan fingerprint density at radius 2 is 1.50 bits per heavy atom. The lowest BCUT2D eigenvalue weighted by molar-refractivity contribution is 0.102. The van der Waals surface area contributed by atoms with Crippen LogP contribution < -0.4 is 10.2 Å². The molecule has 202 valence electrons. The van der Waals surface area contributed by atoms with Crippen molar-refractivity contribution in [2.45, 2.75) is 6.92 Å². The van der Waals surface area contributed by atoms with Crippen molar-refractivity contribution in [2.75, 3.05) is 43.9 Å². The van der Waals surface area contributed by atoms with Crippen molar-refractivity contribution in [3.8, 4) is 34.0 Å². The zero-order valence-corrected chi connectivity index (χ0v) is 23.0. The van der Waals surface area contributed by atoms with Crippen LogP contribution >= 0.6 is 0 Å². The molecule has 0 spiro atoms. The van der Waals surface area contributed by atoms with E-state index in [1.54, 1.807) is 6.07 Å². The van der Waals surface area contributed by atoms with Gasteiger partial charge in [0.2, 0.25) is 0 Å². The Balaban J connectivity index is 1.47. The van der Waals surface area contributed by atoms with Gasteiger partial charge in [-0.3, -0.25) is 4.79 Å². The highest BCUT2D eigenvalue weighted by Crippen LogP contribution is 2.29. The van der Waals surface area contributed by atoms with E-state index in [1.807, 2.05) is 105 Å². The first-order chi connectivity index (χ1) is 19.5. The molecule has 8 heteroatoms. The van der Waals surface area contributed by atoms with E-state index >= 15 is 0 Å². The molecule has 0 saturated carbocycles. The van der Waals surface area contributed by atoms with Gasteiger partial charge >= 0.3 is 0 Å². The SMILES string of the molecule is CCN(CCN(C)C)c1cc(C(=O)Nc2ccccc2-c2c[nH]c(-c3ccccc3)n2)nc(-c2ccccc2)n1. The van der Waals surface area contributed by atoms with E-state index in [0.29, 0.717) is 17.2 Å². The number of imidazole rings is 1. The molecule has 0 fully saturated rings. The van der Waals surface area contributed by atoms with Crippen LogP contribution in [0.2, 0.25) is 0 Å². The van der Waals surface area contributed by atoms with E-state index in [9.17, 15) is 4.79 Å². The van der Waals surface area contributed by atoms with Crippen molar-refractivity contribution in [1.29, 1.82) is 0 Å². The fraction of sp³-hybridized carbons (Fsp3) is 0.188. The van der Waals surface area contributed by atoms with Crippen molar-refractivity contribution in [3.63, 3.8) is 0 Å². The number of amides is 1. The Kier molecular flexibility index (Phi) is 8.27. The number of H-pyrrole nitrogens is 1. The van der Waals surface area contributed by atoms with E-state index in [1.165, 1.54) is 0 Å². The Morgan fingerprint density at radius 1 is 0.825 bits per heavy atom. The van der Waals surface area contributed by atoms with Crippen molar-refractivity contribution < 1.29 is 4.79 Å². The number of likely N-dealkylation sites (N-methyl/N-ethyl adjacent to an activating group) is 2. The molecule has 0 saturated heterocycles. The number of carbonyl (C=O) groups excluding carboxylic acids is 1. The maximum absolute atomic E-state index is 13.7. The van der Waals surface area contributed by atoms with Gasteiger partial charge in [-0.1, -0.05) is 78.9 Å². The summed E-state index contributed by atoms with van der Waals surface area (Å²) in [5.41, 5.74) is 4.35. The molecule has 0 atom stereocenters. The predicted octanol–water partition coefficient (Wildman–Crippen LogP) is 5.84. The summed E-state index contributed by atoms with van der Waals surface area (Å²) in [6.07, 6.45) is 1.85. The average molecular weight is 532 g/mol. The third kappa shape index (κ3) is 6.24. The van der Waals surface area contributed by atoms with Gasteiger partial charge in [-0.25, -0.2) is 15.0 Å². The standard InChI is InChI=1S/C32H33N7O/c1-4-39(20-19-38(2)3)29-21-27(34-31(37-29)24-15-9-6-10-16-24)32(40)36-26-18-12-11-17-25(26)28-22-33-30(35-28)23-13-7-5-8-14-23/h5-18,21-22H,4,19-20H2,1-3H3,(H,33,35)(H,36,40). The number of benzene rings is 3. The number of hydrogen-bond donors (Lipinski definition) is 2. The normalized spacial score (nSPS) is 11.0. The monoisotopic (exact) mass is 531 g/mol. The molecule has 0 aliphatic carbocycles. The maximum Gasteiger partial charge on any atom is 0.274 e. The summed E-state index contributed by atoms with van der Waals surface area (Å²) in [5, 5.41) is 3.08. The van der Waals surface area contributed by atoms with E-state index in [2.05, 4.69) is 32.0 Å². The summed E-state index contributed by atoms with van der Waals surface area (Å²) in [5.74, 6) is 1.69. The van der Waals surface area contributed by atoms with Crippen molar-refractivity contribution >= 4 is 17.4 Å². The first-order valence-corrected chi connectivity index (χ1v) is 13.4. The number of nitrogens with one attached hydrogen (secondary N) is 2. The van der Waals surface area contributed by atoms with Crippen LogP contribution in [-0.2, 0) is 0 Å². The van der Waals surface area contributed by atoms with Crippen molar-refractivity contribution in [1.82, 2.24) is 24.8 Å². The van der Waals surface area contributed by atoms with Crippen LogP contribution in [0.5, 0.6) is 0 Å². The Morgan fingerprint density at radius 3 is 2.20 bits per heavy atom. The molecule has 5 rings (SSSR count). The van der Waals surface area contributed by atoms with E-state index in [-0.39, 0.29) is 5.91 Å². The average Bonchev–Trinajstić information content (AvgIpc) is 3.49. The van der Waals surface area contributed by atoms with Crippen LogP contribution in [0.15, 0.2) is 97.2 Å². The molecule has 0 aliphatic heterocycles. The number of aromatic nitrogens is 4. The predicted molar refractivity (Wildman–Crippen MR) is 161 cm³/mol. The summed E-state index contributed by atoms with van der Waals surface area (Å²) >= 11 is 0. The maximum atomic E-state index is 13.7. The summed E-state index contributed by atoms with van der Waals surface area (Å²) in [7, 11) is 4.09. The van der Waals surface area contributed by atoms with Gasteiger partial charge in [0.1, 0.15) is 17.3 Å². The minimum atomic E-state index is -0.309. The summed E-state index contributed by atoms with van der Waals surface area (Å²) in [6.45, 7) is 4.49. The fourth-order valence-electron chi connectivity index (χ4n) is 4.39. The number of hydrogen-bond acceptors (Lipinski definition) is 6. The van der Waals surface area contributed by atoms with Gasteiger partial charge in [0, 0.05) is 48.6 Å². The largest absolute Gasteiger partial charge is 0.355 e. The van der Waals surface area contributed by atoms with Crippen LogP contribution in [0.1, 0.15) is 17.4 Å². The Bertz CT molecular complexity index is 1570. The highest BCUT2D eigenvalue weighted by atomic mass is 16.1. The number of nitrogens with zero attached hydrogens (tertiary/aromatic N) is 5. The van der Waals surface area contributed by atoms with Gasteiger partial charge in [0.25, 0.3) is 5.91 Å². The van der Waals surface area contributed by atoms with Crippen LogP contribution in [-0.4, -0.2) is 64.5 Å². The van der Waals surface area contributed by atoms with Crippen LogP contribution in [0, 0.1) is 0 Å². The smallest absolute Gasteiger partial charge is 0.274 e. The molecule has 2 aromatic heterocycles. The molecule has 1 amide bonds. The van der Waals surface area contributed by atoms with Gasteiger partial charge in [-0.15, -0.1) is 0 Å². The van der Waals surface area contributed by atoms with E-state index in [0.717, 1.165) is 53.7 Å². The van der Waals surface area contributed by atoms with Crippen LogP contribution in [0.25, 0.3) is 34.0 Å². The lowest BCUT2D eigenvalue weighted by Crippen LogP contribution is -2.32. The molecule has 3 aromatic carbocycles. The minimum absolute atomic E-state index is 0.300. The van der Waals surface area contributed by atoms with Gasteiger partial charge in [0.05, 0.1) is 11.4 Å². The van der Waals surface area contributed by atoms with Crippen LogP contribution in [0.4, 0.5) is 11.5 Å². The minimum Gasteiger partial charge on any atom is -0.355 e. The molecule has 5 aromatic rings. The Labute approximate surface area is 234 Å². The first-order valence-electron chi connectivity index (χ1n) is 13.4. The Hall–Kier alpha value is -4.82. The molecule has 0 aliphatic rings. The second-order valence-electron chi connectivity index (χ2n) is 9.68. The number of rotatable bonds is 10. The lowest BCUT2D eigenvalue weighted by Gasteiger charge is -2.24. The molecule has 0 radical (unpaired) electrons. The third-order valence-electron chi connectivity index (χ3n) is 6.58. The van der Waals surface area contributed by atoms with Gasteiger partial charge in [-0.05, 0) is 27.1 Å². The zero-order valence-electron chi connectivity index (χ0n) is 23.0. The highest BCUT2D eigenvalue weighted by Gasteiger charge is 2.18. The quantitative estimate of drug-likeness (QED) is 0.235. The molecule has 40 heavy (non-hydrogen) atoms. The van der Waals surface area contributed by atoms with Gasteiger partial charge < -0.3 is 20.1 Å². The molecular weight excluding hydrogens is 498 g/mol. The summed E-state index contributed by atoms with van der Waals surface area (Å²) < 4.78 is 0. The second kappa shape index (κ2) is 12.4. The number of anilines is 2. The van der Waals surface area contributed by atoms with Gasteiger partial charge in [0.15, 0.2) is 5.82 Å². The van der Waals surface area contributed by atoms with Gasteiger partial charge in [-0.2, -0.15) is 0 Å². The summed E-state index contributed by atoms with van der Waals surface area (Å²) in [4.78, 5) is 35.5. The van der Waals surface area contributed by atoms with E-state index < -0.39 is 0 Å². The lowest BCUT2D eigenvalue weighted by atomic mass is 10.1.